The van der Waals surface area contributed by atoms with Gasteiger partial charge in [0.2, 0.25) is 0 Å². The average Bonchev–Trinajstić information content (AvgIpc) is 2.46. The van der Waals surface area contributed by atoms with Gasteiger partial charge in [0.05, 0.1) is 16.4 Å². The maximum absolute atomic E-state index is 11.5. The molecular formula is C13H17ClN2O. The highest BCUT2D eigenvalue weighted by molar-refractivity contribution is 6.31. The Balaban J connectivity index is 2.22. The molecule has 0 atom stereocenters. The van der Waals surface area contributed by atoms with Gasteiger partial charge in [0, 0.05) is 19.9 Å². The van der Waals surface area contributed by atoms with Crippen LogP contribution in [0.3, 0.4) is 0 Å². The molecule has 1 aromatic rings. The van der Waals surface area contributed by atoms with Crippen LogP contribution in [0.1, 0.15) is 37.1 Å². The summed E-state index contributed by atoms with van der Waals surface area (Å²) >= 11 is 6.21. The van der Waals surface area contributed by atoms with E-state index in [9.17, 15) is 4.79 Å². The molecule has 0 amide bonds. The van der Waals surface area contributed by atoms with E-state index in [4.69, 9.17) is 11.6 Å². The molecule has 0 radical (unpaired) electrons. The summed E-state index contributed by atoms with van der Waals surface area (Å²) in [6, 6.07) is 0. The van der Waals surface area contributed by atoms with Gasteiger partial charge in [0.25, 0.3) is 0 Å². The first-order valence-electron chi connectivity index (χ1n) is 5.98. The molecule has 1 aromatic heterocycles. The summed E-state index contributed by atoms with van der Waals surface area (Å²) in [5, 5.41) is 5.02. The van der Waals surface area contributed by atoms with Crippen molar-refractivity contribution in [2.45, 2.75) is 39.0 Å². The number of hydrogen-bond acceptors (Lipinski definition) is 2. The zero-order valence-electron chi connectivity index (χ0n) is 10.3. The molecule has 0 bridgehead atoms. The Morgan fingerprint density at radius 1 is 1.41 bits per heavy atom. The summed E-state index contributed by atoms with van der Waals surface area (Å²) in [6.07, 6.45) is 6.30. The van der Waals surface area contributed by atoms with Gasteiger partial charge < -0.3 is 0 Å². The molecule has 2 rings (SSSR count). The fourth-order valence-electron chi connectivity index (χ4n) is 2.25. The molecule has 0 fully saturated rings. The second-order valence-corrected chi connectivity index (χ2v) is 5.00. The van der Waals surface area contributed by atoms with Crippen LogP contribution in [0.25, 0.3) is 0 Å². The molecule has 1 aliphatic rings. The van der Waals surface area contributed by atoms with Crippen LogP contribution in [0, 0.1) is 6.92 Å². The van der Waals surface area contributed by atoms with Gasteiger partial charge in [-0.25, -0.2) is 0 Å². The van der Waals surface area contributed by atoms with E-state index in [0.29, 0.717) is 6.42 Å². The Labute approximate surface area is 106 Å². The second-order valence-electron chi connectivity index (χ2n) is 4.62. The topological polar surface area (TPSA) is 34.9 Å². The van der Waals surface area contributed by atoms with E-state index in [2.05, 4.69) is 5.10 Å². The lowest BCUT2D eigenvalue weighted by molar-refractivity contribution is -0.114. The van der Waals surface area contributed by atoms with E-state index >= 15 is 0 Å². The van der Waals surface area contributed by atoms with Crippen LogP contribution in [-0.2, 0) is 18.3 Å². The molecule has 3 nitrogen and oxygen atoms in total. The van der Waals surface area contributed by atoms with E-state index in [1.807, 2.05) is 18.7 Å². The summed E-state index contributed by atoms with van der Waals surface area (Å²) in [6.45, 7) is 1.90. The number of carbonyl (C=O) groups is 1. The zero-order valence-corrected chi connectivity index (χ0v) is 11.0. The smallest absolute Gasteiger partial charge is 0.155 e. The Bertz CT molecular complexity index is 474. The number of halogens is 1. The first-order chi connectivity index (χ1) is 8.08. The van der Waals surface area contributed by atoms with Crippen LogP contribution in [-0.4, -0.2) is 15.6 Å². The molecular weight excluding hydrogens is 236 g/mol. The van der Waals surface area contributed by atoms with Crippen LogP contribution in [0.5, 0.6) is 0 Å². The molecule has 92 valence electrons. The van der Waals surface area contributed by atoms with Gasteiger partial charge in [-0.15, -0.1) is 0 Å². The predicted octanol–water partition coefficient (Wildman–Crippen LogP) is 2.99. The van der Waals surface area contributed by atoms with Gasteiger partial charge in [0.1, 0.15) is 0 Å². The van der Waals surface area contributed by atoms with Crippen LogP contribution in [0.4, 0.5) is 0 Å². The van der Waals surface area contributed by atoms with Crippen LogP contribution >= 0.6 is 11.6 Å². The highest BCUT2D eigenvalue weighted by Crippen LogP contribution is 2.25. The van der Waals surface area contributed by atoms with Crippen molar-refractivity contribution in [1.82, 2.24) is 9.78 Å². The van der Waals surface area contributed by atoms with Crippen molar-refractivity contribution < 1.29 is 4.79 Å². The highest BCUT2D eigenvalue weighted by atomic mass is 35.5. The summed E-state index contributed by atoms with van der Waals surface area (Å²) in [5.41, 5.74) is 3.03. The summed E-state index contributed by atoms with van der Waals surface area (Å²) < 4.78 is 1.81. The third kappa shape index (κ3) is 2.78. The maximum Gasteiger partial charge on any atom is 0.155 e. The maximum atomic E-state index is 11.5. The number of carbonyl (C=O) groups excluding carboxylic acids is 1. The Kier molecular flexibility index (Phi) is 3.67. The van der Waals surface area contributed by atoms with Gasteiger partial charge in [0.15, 0.2) is 5.78 Å². The molecule has 0 spiro atoms. The normalized spacial score (nSPS) is 16.9. The highest BCUT2D eigenvalue weighted by Gasteiger charge is 2.15. The van der Waals surface area contributed by atoms with Crippen LogP contribution in [0.2, 0.25) is 5.02 Å². The molecule has 0 saturated heterocycles. The van der Waals surface area contributed by atoms with E-state index in [1.165, 1.54) is 5.57 Å². The SMILES string of the molecule is Cc1nn(C)c(CC2=CC(=O)CCCC2)c1Cl. The van der Waals surface area contributed by atoms with Crippen molar-refractivity contribution in [3.05, 3.63) is 28.1 Å². The molecule has 0 aromatic carbocycles. The summed E-state index contributed by atoms with van der Waals surface area (Å²) in [5.74, 6) is 0.243. The van der Waals surface area contributed by atoms with Crippen LogP contribution in [0.15, 0.2) is 11.6 Å². The van der Waals surface area contributed by atoms with Gasteiger partial charge in [-0.1, -0.05) is 17.2 Å². The molecule has 1 aliphatic carbocycles. The number of aryl methyl sites for hydroxylation is 2. The molecule has 4 heteroatoms. The van der Waals surface area contributed by atoms with Crippen molar-refractivity contribution in [1.29, 1.82) is 0 Å². The lowest BCUT2D eigenvalue weighted by Crippen LogP contribution is -2.01. The van der Waals surface area contributed by atoms with E-state index in [1.54, 1.807) is 6.08 Å². The molecule has 0 unspecified atom stereocenters. The zero-order chi connectivity index (χ0) is 12.4. The Morgan fingerprint density at radius 3 is 2.76 bits per heavy atom. The Hall–Kier alpha value is -1.09. The van der Waals surface area contributed by atoms with Gasteiger partial charge in [-0.05, 0) is 32.3 Å². The first kappa shape index (κ1) is 12.4. The number of allylic oxidation sites excluding steroid dienone is 2. The third-order valence-electron chi connectivity index (χ3n) is 3.19. The second kappa shape index (κ2) is 5.05. The van der Waals surface area contributed by atoms with Crippen molar-refractivity contribution in [3.8, 4) is 0 Å². The number of nitrogens with zero attached hydrogens (tertiary/aromatic N) is 2. The van der Waals surface area contributed by atoms with E-state index < -0.39 is 0 Å². The Morgan fingerprint density at radius 2 is 2.12 bits per heavy atom. The molecule has 0 aliphatic heterocycles. The minimum Gasteiger partial charge on any atom is -0.295 e. The van der Waals surface area contributed by atoms with Crippen molar-refractivity contribution in [2.75, 3.05) is 0 Å². The lowest BCUT2D eigenvalue weighted by Gasteiger charge is -2.06. The number of aromatic nitrogens is 2. The number of ketones is 1. The molecule has 1 heterocycles. The predicted molar refractivity (Wildman–Crippen MR) is 68.2 cm³/mol. The molecule has 0 N–H and O–H groups in total. The molecule has 0 saturated carbocycles. The third-order valence-corrected chi connectivity index (χ3v) is 3.68. The quantitative estimate of drug-likeness (QED) is 0.811. The number of rotatable bonds is 2. The van der Waals surface area contributed by atoms with Gasteiger partial charge in [-0.3, -0.25) is 9.48 Å². The minimum atomic E-state index is 0.243. The minimum absolute atomic E-state index is 0.243. The lowest BCUT2D eigenvalue weighted by atomic mass is 10.0. The van der Waals surface area contributed by atoms with Crippen molar-refractivity contribution in [3.63, 3.8) is 0 Å². The van der Waals surface area contributed by atoms with Crippen molar-refractivity contribution in [2.24, 2.45) is 7.05 Å². The van der Waals surface area contributed by atoms with Gasteiger partial charge >= 0.3 is 0 Å². The standard InChI is InChI=1S/C13H17ClN2O/c1-9-13(14)12(16(2)15-9)8-10-5-3-4-6-11(17)7-10/h7H,3-6,8H2,1-2H3. The first-order valence-corrected chi connectivity index (χ1v) is 6.36. The van der Waals surface area contributed by atoms with Crippen molar-refractivity contribution >= 4 is 17.4 Å². The monoisotopic (exact) mass is 252 g/mol. The summed E-state index contributed by atoms with van der Waals surface area (Å²) in [7, 11) is 1.90. The largest absolute Gasteiger partial charge is 0.295 e. The van der Waals surface area contributed by atoms with E-state index in [-0.39, 0.29) is 5.78 Å². The fraction of sp³-hybridized carbons (Fsp3) is 0.538. The average molecular weight is 253 g/mol. The summed E-state index contributed by atoms with van der Waals surface area (Å²) in [4.78, 5) is 11.5. The van der Waals surface area contributed by atoms with Gasteiger partial charge in [-0.2, -0.15) is 5.10 Å². The molecule has 17 heavy (non-hydrogen) atoms. The number of hydrogen-bond donors (Lipinski definition) is 0. The van der Waals surface area contributed by atoms with E-state index in [0.717, 1.165) is 42.1 Å². The van der Waals surface area contributed by atoms with Crippen LogP contribution < -0.4 is 0 Å². The fourth-order valence-corrected chi connectivity index (χ4v) is 2.48.